The monoisotopic (exact) mass is 367 g/mol. The Morgan fingerprint density at radius 2 is 2.00 bits per heavy atom. The van der Waals surface area contributed by atoms with E-state index in [-0.39, 0.29) is 12.8 Å². The van der Waals surface area contributed by atoms with E-state index in [4.69, 9.17) is 21.1 Å². The van der Waals surface area contributed by atoms with Crippen molar-refractivity contribution < 1.29 is 9.47 Å². The van der Waals surface area contributed by atoms with E-state index in [1.165, 1.54) is 5.56 Å². The number of fused-ring (bicyclic) bond motifs is 1. The molecule has 2 aromatic carbocycles. The number of hydrogen-bond donors (Lipinski definition) is 1. The minimum Gasteiger partial charge on any atom is -0.454 e. The summed E-state index contributed by atoms with van der Waals surface area (Å²) in [5.74, 6) is 1.58. The third kappa shape index (κ3) is 3.34. The molecule has 0 fully saturated rings. The fraction of sp³-hybridized carbons (Fsp3) is 0.250. The third-order valence-electron chi connectivity index (χ3n) is 3.49. The van der Waals surface area contributed by atoms with Gasteiger partial charge in [-0.05, 0) is 42.3 Å². The van der Waals surface area contributed by atoms with Gasteiger partial charge < -0.3 is 14.8 Å². The molecule has 1 aliphatic rings. The maximum Gasteiger partial charge on any atom is 0.231 e. The maximum absolute atomic E-state index is 6.03. The number of benzene rings is 2. The second kappa shape index (κ2) is 6.26. The van der Waals surface area contributed by atoms with Gasteiger partial charge in [0.25, 0.3) is 0 Å². The minimum absolute atomic E-state index is 0.209. The molecule has 0 aliphatic carbocycles. The van der Waals surface area contributed by atoms with Crippen LogP contribution in [0.25, 0.3) is 0 Å². The first kappa shape index (κ1) is 14.7. The molecular weight excluding hydrogens is 354 g/mol. The van der Waals surface area contributed by atoms with Crippen LogP contribution < -0.4 is 14.8 Å². The molecule has 2 aromatic rings. The highest BCUT2D eigenvalue weighted by Gasteiger charge is 2.16. The smallest absolute Gasteiger partial charge is 0.231 e. The molecule has 0 spiro atoms. The van der Waals surface area contributed by atoms with Crippen molar-refractivity contribution in [3.05, 3.63) is 57.0 Å². The first-order chi connectivity index (χ1) is 10.1. The summed E-state index contributed by atoms with van der Waals surface area (Å²) in [7, 11) is 0. The molecule has 1 aliphatic heterocycles. The Morgan fingerprint density at radius 3 is 2.76 bits per heavy atom. The fourth-order valence-electron chi connectivity index (χ4n) is 2.25. The van der Waals surface area contributed by atoms with Crippen molar-refractivity contribution in [1.29, 1.82) is 0 Å². The SMILES string of the molecule is CC(NCc1cc2c(cc1Br)OCO2)c1cccc(Cl)c1. The van der Waals surface area contributed by atoms with E-state index in [0.29, 0.717) is 0 Å². The molecule has 0 bridgehead atoms. The predicted octanol–water partition coefficient (Wildman–Crippen LogP) is 4.68. The second-order valence-corrected chi connectivity index (χ2v) is 6.25. The van der Waals surface area contributed by atoms with Crippen LogP contribution in [0, 0.1) is 0 Å². The highest BCUT2D eigenvalue weighted by molar-refractivity contribution is 9.10. The van der Waals surface area contributed by atoms with Gasteiger partial charge in [0.15, 0.2) is 11.5 Å². The normalized spacial score (nSPS) is 14.2. The molecule has 1 heterocycles. The zero-order chi connectivity index (χ0) is 14.8. The van der Waals surface area contributed by atoms with Crippen LogP contribution in [0.1, 0.15) is 24.1 Å². The van der Waals surface area contributed by atoms with E-state index in [9.17, 15) is 0 Å². The van der Waals surface area contributed by atoms with Crippen LogP contribution in [0.15, 0.2) is 40.9 Å². The molecule has 1 N–H and O–H groups in total. The molecule has 0 saturated heterocycles. The largest absolute Gasteiger partial charge is 0.454 e. The van der Waals surface area contributed by atoms with Gasteiger partial charge >= 0.3 is 0 Å². The van der Waals surface area contributed by atoms with E-state index < -0.39 is 0 Å². The predicted molar refractivity (Wildman–Crippen MR) is 87.0 cm³/mol. The topological polar surface area (TPSA) is 30.5 Å². The van der Waals surface area contributed by atoms with Gasteiger partial charge in [-0.15, -0.1) is 0 Å². The fourth-order valence-corrected chi connectivity index (χ4v) is 2.91. The summed E-state index contributed by atoms with van der Waals surface area (Å²) < 4.78 is 11.8. The number of hydrogen-bond acceptors (Lipinski definition) is 3. The molecule has 3 nitrogen and oxygen atoms in total. The van der Waals surface area contributed by atoms with E-state index in [2.05, 4.69) is 34.2 Å². The molecule has 0 radical (unpaired) electrons. The molecule has 21 heavy (non-hydrogen) atoms. The number of rotatable bonds is 4. The summed E-state index contributed by atoms with van der Waals surface area (Å²) >= 11 is 9.60. The van der Waals surface area contributed by atoms with Crippen molar-refractivity contribution in [3.8, 4) is 11.5 Å². The van der Waals surface area contributed by atoms with E-state index in [1.54, 1.807) is 0 Å². The molecular formula is C16H15BrClNO2. The van der Waals surface area contributed by atoms with Gasteiger partial charge in [0.1, 0.15) is 0 Å². The van der Waals surface area contributed by atoms with Gasteiger partial charge in [-0.2, -0.15) is 0 Å². The Balaban J connectivity index is 1.70. The van der Waals surface area contributed by atoms with Crippen LogP contribution in [0.2, 0.25) is 5.02 Å². The Bertz CT molecular complexity index is 663. The minimum atomic E-state index is 0.209. The average molecular weight is 369 g/mol. The molecule has 0 aromatic heterocycles. The zero-order valence-corrected chi connectivity index (χ0v) is 13.9. The lowest BCUT2D eigenvalue weighted by molar-refractivity contribution is 0.174. The quantitative estimate of drug-likeness (QED) is 0.850. The van der Waals surface area contributed by atoms with Crippen LogP contribution in [-0.2, 0) is 6.54 Å². The average Bonchev–Trinajstić information content (AvgIpc) is 2.91. The second-order valence-electron chi connectivity index (χ2n) is 4.95. The molecule has 0 saturated carbocycles. The van der Waals surface area contributed by atoms with E-state index in [0.717, 1.165) is 33.1 Å². The van der Waals surface area contributed by atoms with Gasteiger partial charge in [-0.1, -0.05) is 39.7 Å². The standard InChI is InChI=1S/C16H15BrClNO2/c1-10(11-3-2-4-13(18)5-11)19-8-12-6-15-16(7-14(12)17)21-9-20-15/h2-7,10,19H,8-9H2,1H3. The Kier molecular flexibility index (Phi) is 4.38. The van der Waals surface area contributed by atoms with Crippen LogP contribution in [-0.4, -0.2) is 6.79 Å². The Morgan fingerprint density at radius 1 is 1.24 bits per heavy atom. The van der Waals surface area contributed by atoms with Gasteiger partial charge in [0, 0.05) is 22.1 Å². The summed E-state index contributed by atoms with van der Waals surface area (Å²) in [5, 5.41) is 4.24. The lowest BCUT2D eigenvalue weighted by Gasteiger charge is -2.15. The van der Waals surface area contributed by atoms with Crippen molar-refractivity contribution in [3.63, 3.8) is 0 Å². The summed E-state index contributed by atoms with van der Waals surface area (Å²) in [6.45, 7) is 3.13. The van der Waals surface area contributed by atoms with Crippen molar-refractivity contribution in [1.82, 2.24) is 5.32 Å². The van der Waals surface area contributed by atoms with Crippen LogP contribution in [0.4, 0.5) is 0 Å². The highest BCUT2D eigenvalue weighted by atomic mass is 79.9. The summed E-state index contributed by atoms with van der Waals surface area (Å²) in [6.07, 6.45) is 0. The molecule has 1 unspecified atom stereocenters. The summed E-state index contributed by atoms with van der Waals surface area (Å²) in [4.78, 5) is 0. The van der Waals surface area contributed by atoms with Gasteiger partial charge in [-0.3, -0.25) is 0 Å². The van der Waals surface area contributed by atoms with Crippen LogP contribution in [0.5, 0.6) is 11.5 Å². The molecule has 3 rings (SSSR count). The van der Waals surface area contributed by atoms with Crippen molar-refractivity contribution in [2.75, 3.05) is 6.79 Å². The van der Waals surface area contributed by atoms with Gasteiger partial charge in [0.2, 0.25) is 6.79 Å². The lowest BCUT2D eigenvalue weighted by Crippen LogP contribution is -2.18. The van der Waals surface area contributed by atoms with E-state index >= 15 is 0 Å². The van der Waals surface area contributed by atoms with Crippen molar-refractivity contribution >= 4 is 27.5 Å². The van der Waals surface area contributed by atoms with Gasteiger partial charge in [-0.25, -0.2) is 0 Å². The zero-order valence-electron chi connectivity index (χ0n) is 11.5. The number of halogens is 2. The first-order valence-electron chi connectivity index (χ1n) is 6.70. The summed E-state index contributed by atoms with van der Waals surface area (Å²) in [5.41, 5.74) is 2.30. The van der Waals surface area contributed by atoms with E-state index in [1.807, 2.05) is 30.3 Å². The Labute approximate surface area is 137 Å². The van der Waals surface area contributed by atoms with Crippen LogP contribution >= 0.6 is 27.5 Å². The molecule has 110 valence electrons. The Hall–Kier alpha value is -1.23. The van der Waals surface area contributed by atoms with Gasteiger partial charge in [0.05, 0.1) is 0 Å². The molecule has 5 heteroatoms. The van der Waals surface area contributed by atoms with Crippen LogP contribution in [0.3, 0.4) is 0 Å². The molecule has 1 atom stereocenters. The highest BCUT2D eigenvalue weighted by Crippen LogP contribution is 2.37. The number of nitrogens with one attached hydrogen (secondary N) is 1. The van der Waals surface area contributed by atoms with Crippen molar-refractivity contribution in [2.24, 2.45) is 0 Å². The van der Waals surface area contributed by atoms with Crippen molar-refractivity contribution in [2.45, 2.75) is 19.5 Å². The first-order valence-corrected chi connectivity index (χ1v) is 7.87. The molecule has 0 amide bonds. The summed E-state index contributed by atoms with van der Waals surface area (Å²) in [6, 6.07) is 12.1. The lowest BCUT2D eigenvalue weighted by atomic mass is 10.1. The number of ether oxygens (including phenoxy) is 2. The third-order valence-corrected chi connectivity index (χ3v) is 4.46. The maximum atomic E-state index is 6.03.